The summed E-state index contributed by atoms with van der Waals surface area (Å²) in [4.78, 5) is 26.0. The average molecular weight is 235 g/mol. The van der Waals surface area contributed by atoms with Crippen molar-refractivity contribution in [3.63, 3.8) is 0 Å². The molecule has 94 valence electrons. The predicted octanol–water partition coefficient (Wildman–Crippen LogP) is 1.86. The van der Waals surface area contributed by atoms with Gasteiger partial charge in [-0.1, -0.05) is 13.3 Å². The monoisotopic (exact) mass is 235 g/mol. The molecule has 0 N–H and O–H groups in total. The van der Waals surface area contributed by atoms with Crippen molar-refractivity contribution in [3.8, 4) is 0 Å². The van der Waals surface area contributed by atoms with Crippen LogP contribution in [0.4, 0.5) is 0 Å². The van der Waals surface area contributed by atoms with E-state index in [4.69, 9.17) is 0 Å². The van der Waals surface area contributed by atoms with Crippen LogP contribution in [0.15, 0.2) is 0 Å². The van der Waals surface area contributed by atoms with Crippen molar-refractivity contribution in [2.75, 3.05) is 13.1 Å². The highest BCUT2D eigenvalue weighted by molar-refractivity contribution is 5.87. The fourth-order valence-electron chi connectivity index (χ4n) is 3.86. The molecule has 1 aliphatic heterocycles. The van der Waals surface area contributed by atoms with Gasteiger partial charge in [-0.05, 0) is 31.1 Å². The first kappa shape index (κ1) is 11.2. The van der Waals surface area contributed by atoms with E-state index in [1.165, 1.54) is 19.3 Å². The van der Waals surface area contributed by atoms with Gasteiger partial charge in [0, 0.05) is 31.3 Å². The molecule has 2 aliphatic carbocycles. The van der Waals surface area contributed by atoms with E-state index in [9.17, 15) is 9.59 Å². The van der Waals surface area contributed by atoms with Crippen molar-refractivity contribution in [2.45, 2.75) is 39.0 Å². The van der Waals surface area contributed by atoms with Gasteiger partial charge in [-0.25, -0.2) is 0 Å². The van der Waals surface area contributed by atoms with Gasteiger partial charge in [0.2, 0.25) is 5.91 Å². The number of carbonyl (C=O) groups excluding carboxylic acids is 2. The molecule has 0 spiro atoms. The highest BCUT2D eigenvalue weighted by atomic mass is 16.2. The maximum atomic E-state index is 12.4. The van der Waals surface area contributed by atoms with Crippen molar-refractivity contribution in [1.29, 1.82) is 0 Å². The molecule has 3 nitrogen and oxygen atoms in total. The van der Waals surface area contributed by atoms with Gasteiger partial charge in [0.15, 0.2) is 0 Å². The third-order valence-electron chi connectivity index (χ3n) is 5.02. The molecule has 0 aromatic carbocycles. The topological polar surface area (TPSA) is 37.4 Å². The molecule has 3 rings (SSSR count). The third-order valence-corrected chi connectivity index (χ3v) is 5.02. The number of nitrogens with zero attached hydrogens (tertiary/aromatic N) is 1. The van der Waals surface area contributed by atoms with Gasteiger partial charge in [0.05, 0.1) is 0 Å². The van der Waals surface area contributed by atoms with Gasteiger partial charge in [0.25, 0.3) is 0 Å². The van der Waals surface area contributed by atoms with Crippen LogP contribution in [0, 0.1) is 23.7 Å². The molecule has 0 aromatic rings. The number of hydrogen-bond acceptors (Lipinski definition) is 2. The van der Waals surface area contributed by atoms with E-state index in [1.54, 1.807) is 0 Å². The maximum Gasteiger partial charge on any atom is 0.226 e. The van der Waals surface area contributed by atoms with Crippen LogP contribution < -0.4 is 0 Å². The Morgan fingerprint density at radius 3 is 2.71 bits per heavy atom. The minimum atomic E-state index is 0.103. The van der Waals surface area contributed by atoms with Crippen LogP contribution in [0.1, 0.15) is 39.0 Å². The number of amides is 1. The van der Waals surface area contributed by atoms with Crippen LogP contribution in [0.3, 0.4) is 0 Å². The Hall–Kier alpha value is -0.860. The van der Waals surface area contributed by atoms with Crippen molar-refractivity contribution < 1.29 is 9.59 Å². The molecule has 3 atom stereocenters. The van der Waals surface area contributed by atoms with Crippen LogP contribution in [0.25, 0.3) is 0 Å². The van der Waals surface area contributed by atoms with Gasteiger partial charge in [-0.3, -0.25) is 9.59 Å². The third kappa shape index (κ3) is 1.80. The first-order valence-electron chi connectivity index (χ1n) is 7.04. The fourth-order valence-corrected chi connectivity index (χ4v) is 3.86. The zero-order valence-electron chi connectivity index (χ0n) is 10.5. The van der Waals surface area contributed by atoms with Crippen molar-refractivity contribution >= 4 is 11.7 Å². The second kappa shape index (κ2) is 4.11. The largest absolute Gasteiger partial charge is 0.341 e. The van der Waals surface area contributed by atoms with Crippen molar-refractivity contribution in [1.82, 2.24) is 4.90 Å². The molecule has 0 radical (unpaired) electrons. The van der Waals surface area contributed by atoms with Crippen molar-refractivity contribution in [3.05, 3.63) is 0 Å². The summed E-state index contributed by atoms with van der Waals surface area (Å²) < 4.78 is 0. The van der Waals surface area contributed by atoms with E-state index in [0.29, 0.717) is 49.0 Å². The lowest BCUT2D eigenvalue weighted by Gasteiger charge is -2.32. The molecule has 3 aliphatic rings. The summed E-state index contributed by atoms with van der Waals surface area (Å²) in [5.74, 6) is 2.53. The number of Topliss-reactive ketones (excluding diaryl/α,β-unsaturated/α-hetero) is 1. The van der Waals surface area contributed by atoms with Gasteiger partial charge in [-0.2, -0.15) is 0 Å². The molecule has 1 saturated heterocycles. The van der Waals surface area contributed by atoms with Crippen LogP contribution in [0.2, 0.25) is 0 Å². The van der Waals surface area contributed by atoms with E-state index in [2.05, 4.69) is 0 Å². The number of carbonyl (C=O) groups is 2. The van der Waals surface area contributed by atoms with Crippen LogP contribution in [-0.4, -0.2) is 29.7 Å². The summed E-state index contributed by atoms with van der Waals surface area (Å²) in [5, 5.41) is 0. The van der Waals surface area contributed by atoms with E-state index < -0.39 is 0 Å². The smallest absolute Gasteiger partial charge is 0.226 e. The van der Waals surface area contributed by atoms with Crippen LogP contribution in [0.5, 0.6) is 0 Å². The highest BCUT2D eigenvalue weighted by Gasteiger charge is 2.57. The number of hydrogen-bond donors (Lipinski definition) is 0. The Labute approximate surface area is 103 Å². The van der Waals surface area contributed by atoms with E-state index in [1.807, 2.05) is 11.8 Å². The summed E-state index contributed by atoms with van der Waals surface area (Å²) >= 11 is 0. The lowest BCUT2D eigenvalue weighted by molar-refractivity contribution is -0.139. The van der Waals surface area contributed by atoms with E-state index in [0.717, 1.165) is 6.42 Å². The van der Waals surface area contributed by atoms with Crippen molar-refractivity contribution in [2.24, 2.45) is 23.7 Å². The zero-order valence-corrected chi connectivity index (χ0v) is 10.5. The molecule has 1 heterocycles. The number of likely N-dealkylation sites (tertiary alicyclic amines) is 1. The Bertz CT molecular complexity index is 342. The molecule has 3 heteroatoms. The quantitative estimate of drug-likeness (QED) is 0.732. The fraction of sp³-hybridized carbons (Fsp3) is 0.857. The molecule has 17 heavy (non-hydrogen) atoms. The normalized spacial score (nSPS) is 40.3. The standard InChI is InChI=1S/C14H21NO2/c1-2-9-8-15(7-6-12(9)16)14(17)13-10-4-3-5-11(10)13/h9-11,13H,2-8H2,1H3. The average Bonchev–Trinajstić information content (AvgIpc) is 2.82. The highest BCUT2D eigenvalue weighted by Crippen LogP contribution is 2.58. The molecular weight excluding hydrogens is 214 g/mol. The Kier molecular flexibility index (Phi) is 2.72. The molecule has 3 unspecified atom stereocenters. The van der Waals surface area contributed by atoms with E-state index in [-0.39, 0.29) is 5.92 Å². The van der Waals surface area contributed by atoms with Crippen LogP contribution in [-0.2, 0) is 9.59 Å². The number of rotatable bonds is 2. The summed E-state index contributed by atoms with van der Waals surface area (Å²) in [6.07, 6.45) is 5.28. The zero-order chi connectivity index (χ0) is 12.0. The molecule has 1 amide bonds. The molecule has 0 aromatic heterocycles. The van der Waals surface area contributed by atoms with Gasteiger partial charge < -0.3 is 4.90 Å². The Morgan fingerprint density at radius 2 is 2.06 bits per heavy atom. The summed E-state index contributed by atoms with van der Waals surface area (Å²) in [6, 6.07) is 0. The van der Waals surface area contributed by atoms with Gasteiger partial charge in [-0.15, -0.1) is 0 Å². The number of ketones is 1. The SMILES string of the molecule is CCC1CN(C(=O)C2C3CCCC32)CCC1=O. The molecular formula is C14H21NO2. The van der Waals surface area contributed by atoms with Gasteiger partial charge >= 0.3 is 0 Å². The molecule has 3 fully saturated rings. The minimum Gasteiger partial charge on any atom is -0.341 e. The van der Waals surface area contributed by atoms with Gasteiger partial charge in [0.1, 0.15) is 5.78 Å². The first-order valence-corrected chi connectivity index (χ1v) is 7.04. The first-order chi connectivity index (χ1) is 8.22. The Morgan fingerprint density at radius 1 is 1.35 bits per heavy atom. The number of piperidine rings is 1. The second-order valence-electron chi connectivity index (χ2n) is 5.89. The summed E-state index contributed by atoms with van der Waals surface area (Å²) in [7, 11) is 0. The van der Waals surface area contributed by atoms with Crippen LogP contribution >= 0.6 is 0 Å². The lowest BCUT2D eigenvalue weighted by atomic mass is 9.93. The maximum absolute atomic E-state index is 12.4. The summed E-state index contributed by atoms with van der Waals surface area (Å²) in [5.41, 5.74) is 0. The minimum absolute atomic E-state index is 0.103. The lowest BCUT2D eigenvalue weighted by Crippen LogP contribution is -2.45. The second-order valence-corrected chi connectivity index (χ2v) is 5.89. The number of fused-ring (bicyclic) bond motifs is 1. The van der Waals surface area contributed by atoms with E-state index >= 15 is 0 Å². The molecule has 2 saturated carbocycles. The molecule has 0 bridgehead atoms. The predicted molar refractivity (Wildman–Crippen MR) is 64.3 cm³/mol. The summed E-state index contributed by atoms with van der Waals surface area (Å²) in [6.45, 7) is 3.40. The Balaban J connectivity index is 1.61.